The van der Waals surface area contributed by atoms with E-state index in [1.165, 1.54) is 7.11 Å². The Hall–Kier alpha value is -3.87. The molecule has 0 saturated heterocycles. The Kier molecular flexibility index (Phi) is 6.87. The molecule has 0 radical (unpaired) electrons. The van der Waals surface area contributed by atoms with Crippen LogP contribution in [0.1, 0.15) is 34.1 Å². The van der Waals surface area contributed by atoms with Gasteiger partial charge in [-0.15, -0.1) is 0 Å². The van der Waals surface area contributed by atoms with Crippen LogP contribution in [0.3, 0.4) is 0 Å². The molecule has 1 aromatic heterocycles. The molecule has 7 heteroatoms. The number of nitrogens with zero attached hydrogens (tertiary/aromatic N) is 1. The Morgan fingerprint density at radius 2 is 1.65 bits per heavy atom. The molecule has 0 aliphatic rings. The molecule has 1 atom stereocenters. The summed E-state index contributed by atoms with van der Waals surface area (Å²) in [6.07, 6.45) is -0.244. The number of carboxylic acids is 1. The van der Waals surface area contributed by atoms with Crippen LogP contribution >= 0.6 is 0 Å². The molecule has 7 nitrogen and oxygen atoms in total. The first-order valence-electron chi connectivity index (χ1n) is 9.71. The Labute approximate surface area is 180 Å². The number of aryl methyl sites for hydroxylation is 1. The van der Waals surface area contributed by atoms with Gasteiger partial charge in [0.2, 0.25) is 0 Å². The van der Waals surface area contributed by atoms with Crippen molar-refractivity contribution in [1.29, 1.82) is 0 Å². The summed E-state index contributed by atoms with van der Waals surface area (Å²) in [5, 5.41) is 12.2. The Morgan fingerprint density at radius 3 is 2.32 bits per heavy atom. The molecule has 0 unspecified atom stereocenters. The van der Waals surface area contributed by atoms with Crippen molar-refractivity contribution in [2.45, 2.75) is 19.4 Å². The fraction of sp³-hybridized carbons (Fsp3) is 0.208. The number of carboxylic acid groups (broad SMARTS) is 1. The molecule has 3 aromatic rings. The first-order valence-corrected chi connectivity index (χ1v) is 9.71. The third-order valence-electron chi connectivity index (χ3n) is 4.92. The monoisotopic (exact) mass is 420 g/mol. The van der Waals surface area contributed by atoms with Crippen LogP contribution in [0, 0.1) is 6.92 Å². The number of amides is 1. The second-order valence-electron chi connectivity index (χ2n) is 6.93. The third-order valence-corrected chi connectivity index (χ3v) is 4.92. The maximum Gasteiger partial charge on any atom is 0.305 e. The quantitative estimate of drug-likeness (QED) is 0.571. The van der Waals surface area contributed by atoms with E-state index >= 15 is 0 Å². The van der Waals surface area contributed by atoms with Crippen molar-refractivity contribution in [3.8, 4) is 22.8 Å². The van der Waals surface area contributed by atoms with Gasteiger partial charge in [0, 0.05) is 5.56 Å². The van der Waals surface area contributed by atoms with Gasteiger partial charge in [-0.1, -0.05) is 36.4 Å². The second-order valence-corrected chi connectivity index (χ2v) is 6.93. The molecule has 160 valence electrons. The van der Waals surface area contributed by atoms with Crippen LogP contribution < -0.4 is 14.8 Å². The lowest BCUT2D eigenvalue weighted by Crippen LogP contribution is -2.31. The summed E-state index contributed by atoms with van der Waals surface area (Å²) in [4.78, 5) is 28.9. The highest BCUT2D eigenvalue weighted by atomic mass is 16.5. The Morgan fingerprint density at radius 1 is 0.968 bits per heavy atom. The van der Waals surface area contributed by atoms with Gasteiger partial charge in [-0.3, -0.25) is 9.59 Å². The number of hydrogen-bond donors (Lipinski definition) is 2. The van der Waals surface area contributed by atoms with E-state index in [1.54, 1.807) is 25.3 Å². The average Bonchev–Trinajstić information content (AvgIpc) is 2.78. The first-order chi connectivity index (χ1) is 14.9. The van der Waals surface area contributed by atoms with E-state index in [2.05, 4.69) is 10.3 Å². The van der Waals surface area contributed by atoms with Crippen molar-refractivity contribution in [2.75, 3.05) is 14.2 Å². The van der Waals surface area contributed by atoms with Crippen LogP contribution in [0.5, 0.6) is 11.5 Å². The largest absolute Gasteiger partial charge is 0.496 e. The first kappa shape index (κ1) is 21.8. The molecule has 2 N–H and O–H groups in total. The SMILES string of the molecule is COc1ccccc1-c1nc(C(=O)N[C@@H](CC(=O)O)c2ccccc2C)ccc1OC. The standard InChI is InChI=1S/C24H24N2O5/c1-15-8-4-5-9-16(15)19(14-22(27)28)26-24(29)18-12-13-21(31-3)23(25-18)17-10-6-7-11-20(17)30-2/h4-13,19H,14H2,1-3H3,(H,26,29)(H,27,28)/t19-/m0/s1. The minimum absolute atomic E-state index is 0.144. The smallest absolute Gasteiger partial charge is 0.305 e. The van der Waals surface area contributed by atoms with Gasteiger partial charge in [0.15, 0.2) is 0 Å². The fourth-order valence-corrected chi connectivity index (χ4v) is 3.39. The molecule has 31 heavy (non-hydrogen) atoms. The van der Waals surface area contributed by atoms with Gasteiger partial charge in [-0.2, -0.15) is 0 Å². The zero-order valence-corrected chi connectivity index (χ0v) is 17.6. The number of rotatable bonds is 8. The van der Waals surface area contributed by atoms with Gasteiger partial charge in [-0.25, -0.2) is 4.98 Å². The Bertz CT molecular complexity index is 1100. The van der Waals surface area contributed by atoms with E-state index in [-0.39, 0.29) is 12.1 Å². The van der Waals surface area contributed by atoms with E-state index < -0.39 is 17.9 Å². The zero-order chi connectivity index (χ0) is 22.4. The van der Waals surface area contributed by atoms with Crippen LogP contribution in [0.15, 0.2) is 60.7 Å². The van der Waals surface area contributed by atoms with Gasteiger partial charge >= 0.3 is 5.97 Å². The molecule has 0 saturated carbocycles. The molecule has 2 aromatic carbocycles. The van der Waals surface area contributed by atoms with Crippen LogP contribution in [0.25, 0.3) is 11.3 Å². The molecular formula is C24H24N2O5. The molecule has 1 heterocycles. The van der Waals surface area contributed by atoms with Crippen molar-refractivity contribution in [3.63, 3.8) is 0 Å². The summed E-state index contributed by atoms with van der Waals surface area (Å²) in [6, 6.07) is 17.2. The van der Waals surface area contributed by atoms with Gasteiger partial charge in [0.05, 0.1) is 26.7 Å². The Balaban J connectivity index is 1.97. The van der Waals surface area contributed by atoms with Crippen molar-refractivity contribution in [3.05, 3.63) is 77.5 Å². The van der Waals surface area contributed by atoms with E-state index in [9.17, 15) is 14.7 Å². The number of methoxy groups -OCH3 is 2. The minimum atomic E-state index is -1.01. The van der Waals surface area contributed by atoms with E-state index in [4.69, 9.17) is 9.47 Å². The summed E-state index contributed by atoms with van der Waals surface area (Å²) in [6.45, 7) is 1.88. The lowest BCUT2D eigenvalue weighted by atomic mass is 9.98. The van der Waals surface area contributed by atoms with Crippen molar-refractivity contribution in [2.24, 2.45) is 0 Å². The topological polar surface area (TPSA) is 97.8 Å². The molecule has 0 spiro atoms. The number of aromatic nitrogens is 1. The highest BCUT2D eigenvalue weighted by Crippen LogP contribution is 2.34. The van der Waals surface area contributed by atoms with Crippen LogP contribution in [0.4, 0.5) is 0 Å². The molecule has 1 amide bonds. The molecule has 0 aliphatic carbocycles. The number of para-hydroxylation sites is 1. The number of hydrogen-bond acceptors (Lipinski definition) is 5. The maximum absolute atomic E-state index is 13.0. The summed E-state index contributed by atoms with van der Waals surface area (Å²) in [5.41, 5.74) is 2.92. The summed E-state index contributed by atoms with van der Waals surface area (Å²) in [7, 11) is 3.08. The molecule has 0 fully saturated rings. The summed E-state index contributed by atoms with van der Waals surface area (Å²) >= 11 is 0. The van der Waals surface area contributed by atoms with Gasteiger partial charge < -0.3 is 19.9 Å². The fourth-order valence-electron chi connectivity index (χ4n) is 3.39. The number of pyridine rings is 1. The predicted octanol–water partition coefficient (Wildman–Crippen LogP) is 4.02. The predicted molar refractivity (Wildman–Crippen MR) is 116 cm³/mol. The highest BCUT2D eigenvalue weighted by Gasteiger charge is 2.22. The number of aliphatic carboxylic acids is 1. The summed E-state index contributed by atoms with van der Waals surface area (Å²) in [5.74, 6) is -0.407. The highest BCUT2D eigenvalue weighted by molar-refractivity contribution is 5.94. The average molecular weight is 420 g/mol. The van der Waals surface area contributed by atoms with Gasteiger partial charge in [0.1, 0.15) is 22.9 Å². The van der Waals surface area contributed by atoms with E-state index in [1.807, 2.05) is 49.4 Å². The van der Waals surface area contributed by atoms with Crippen molar-refractivity contribution >= 4 is 11.9 Å². The minimum Gasteiger partial charge on any atom is -0.496 e. The number of carbonyl (C=O) groups excluding carboxylic acids is 1. The second kappa shape index (κ2) is 9.75. The van der Waals surface area contributed by atoms with Crippen molar-refractivity contribution in [1.82, 2.24) is 10.3 Å². The number of ether oxygens (including phenoxy) is 2. The zero-order valence-electron chi connectivity index (χ0n) is 17.6. The lowest BCUT2D eigenvalue weighted by Gasteiger charge is -2.20. The molecule has 0 bridgehead atoms. The van der Waals surface area contributed by atoms with Crippen LogP contribution in [-0.4, -0.2) is 36.2 Å². The number of nitrogens with one attached hydrogen (secondary N) is 1. The number of carbonyl (C=O) groups is 2. The summed E-state index contributed by atoms with van der Waals surface area (Å²) < 4.78 is 10.8. The maximum atomic E-state index is 13.0. The van der Waals surface area contributed by atoms with E-state index in [0.717, 1.165) is 11.1 Å². The lowest BCUT2D eigenvalue weighted by molar-refractivity contribution is -0.137. The number of benzene rings is 2. The van der Waals surface area contributed by atoms with Crippen LogP contribution in [-0.2, 0) is 4.79 Å². The van der Waals surface area contributed by atoms with Crippen molar-refractivity contribution < 1.29 is 24.2 Å². The molecule has 0 aliphatic heterocycles. The van der Waals surface area contributed by atoms with Gasteiger partial charge in [0.25, 0.3) is 5.91 Å². The molecular weight excluding hydrogens is 396 g/mol. The van der Waals surface area contributed by atoms with Gasteiger partial charge in [-0.05, 0) is 42.3 Å². The van der Waals surface area contributed by atoms with Crippen LogP contribution in [0.2, 0.25) is 0 Å². The normalized spacial score (nSPS) is 11.5. The molecule has 3 rings (SSSR count). The van der Waals surface area contributed by atoms with E-state index in [0.29, 0.717) is 22.8 Å². The third kappa shape index (κ3) is 5.01.